The average molecular weight is 244 g/mol. The molecule has 0 aliphatic heterocycles. The van der Waals surface area contributed by atoms with E-state index in [0.29, 0.717) is 30.7 Å². The Kier molecular flexibility index (Phi) is 5.69. The number of ether oxygens (including phenoxy) is 1. The predicted octanol–water partition coefficient (Wildman–Crippen LogP) is 1.08. The molecular weight excluding hydrogens is 224 g/mol. The quantitative estimate of drug-likeness (QED) is 0.560. The molecule has 0 heterocycles. The van der Waals surface area contributed by atoms with Crippen molar-refractivity contribution in [3.8, 4) is 0 Å². The number of hydrogen-bond acceptors (Lipinski definition) is 4. The first-order chi connectivity index (χ1) is 7.63. The maximum Gasteiger partial charge on any atom is 0.320 e. The molecular formula is C11H20N2O2S. The first kappa shape index (κ1) is 13.4. The third-order valence-electron chi connectivity index (χ3n) is 2.84. The van der Waals surface area contributed by atoms with E-state index in [2.05, 4.69) is 0 Å². The van der Waals surface area contributed by atoms with E-state index in [1.165, 1.54) is 12.8 Å². The van der Waals surface area contributed by atoms with Crippen molar-refractivity contribution in [3.63, 3.8) is 0 Å². The molecule has 16 heavy (non-hydrogen) atoms. The number of esters is 1. The van der Waals surface area contributed by atoms with Crippen molar-refractivity contribution in [2.24, 2.45) is 5.73 Å². The van der Waals surface area contributed by atoms with E-state index in [1.807, 2.05) is 11.8 Å². The van der Waals surface area contributed by atoms with Crippen molar-refractivity contribution in [3.05, 3.63) is 0 Å². The smallest absolute Gasteiger partial charge is 0.320 e. The molecule has 1 rings (SSSR count). The van der Waals surface area contributed by atoms with Crippen LogP contribution in [-0.2, 0) is 9.53 Å². The van der Waals surface area contributed by atoms with Gasteiger partial charge in [0.05, 0.1) is 18.1 Å². The Morgan fingerprint density at radius 2 is 2.06 bits per heavy atom. The Hall–Kier alpha value is -0.680. The number of rotatable bonds is 6. The summed E-state index contributed by atoms with van der Waals surface area (Å²) in [5, 5.41) is 0. The molecule has 2 N–H and O–H groups in total. The highest BCUT2D eigenvalue weighted by Gasteiger charge is 2.24. The van der Waals surface area contributed by atoms with Gasteiger partial charge >= 0.3 is 5.97 Å². The van der Waals surface area contributed by atoms with Crippen LogP contribution in [0.1, 0.15) is 32.6 Å². The fourth-order valence-corrected chi connectivity index (χ4v) is 2.32. The molecule has 1 aliphatic carbocycles. The van der Waals surface area contributed by atoms with Gasteiger partial charge in [-0.05, 0) is 19.8 Å². The summed E-state index contributed by atoms with van der Waals surface area (Å²) in [4.78, 5) is 13.9. The lowest BCUT2D eigenvalue weighted by atomic mass is 10.2. The monoisotopic (exact) mass is 244 g/mol. The van der Waals surface area contributed by atoms with Crippen molar-refractivity contribution < 1.29 is 9.53 Å². The van der Waals surface area contributed by atoms with Crippen LogP contribution in [0.2, 0.25) is 0 Å². The second-order valence-corrected chi connectivity index (χ2v) is 4.64. The first-order valence-electron chi connectivity index (χ1n) is 5.81. The predicted molar refractivity (Wildman–Crippen MR) is 67.2 cm³/mol. The SMILES string of the molecule is CCOC(=O)CN(CC(N)=S)C1CCCC1. The van der Waals surface area contributed by atoms with Crippen molar-refractivity contribution in [2.45, 2.75) is 38.6 Å². The Morgan fingerprint density at radius 1 is 1.44 bits per heavy atom. The molecule has 4 nitrogen and oxygen atoms in total. The van der Waals surface area contributed by atoms with Gasteiger partial charge in [0.2, 0.25) is 0 Å². The molecule has 0 spiro atoms. The van der Waals surface area contributed by atoms with Gasteiger partial charge in [-0.25, -0.2) is 0 Å². The Labute approximate surface area is 102 Å². The minimum absolute atomic E-state index is 0.189. The van der Waals surface area contributed by atoms with E-state index in [-0.39, 0.29) is 5.97 Å². The van der Waals surface area contributed by atoms with Gasteiger partial charge < -0.3 is 10.5 Å². The molecule has 0 aromatic carbocycles. The van der Waals surface area contributed by atoms with Crippen molar-refractivity contribution >= 4 is 23.2 Å². The average Bonchev–Trinajstić information content (AvgIpc) is 2.68. The number of nitrogens with two attached hydrogens (primary N) is 1. The lowest BCUT2D eigenvalue weighted by Crippen LogP contribution is -2.42. The lowest BCUT2D eigenvalue weighted by molar-refractivity contribution is -0.144. The second kappa shape index (κ2) is 6.81. The van der Waals surface area contributed by atoms with E-state index in [4.69, 9.17) is 22.7 Å². The highest BCUT2D eigenvalue weighted by atomic mass is 32.1. The summed E-state index contributed by atoms with van der Waals surface area (Å²) in [5.74, 6) is -0.189. The van der Waals surface area contributed by atoms with Crippen LogP contribution >= 0.6 is 12.2 Å². The zero-order chi connectivity index (χ0) is 12.0. The Bertz CT molecular complexity index is 252. The van der Waals surface area contributed by atoms with Gasteiger partial charge in [-0.2, -0.15) is 0 Å². The zero-order valence-corrected chi connectivity index (χ0v) is 10.6. The zero-order valence-electron chi connectivity index (χ0n) is 9.78. The molecule has 0 aromatic heterocycles. The summed E-state index contributed by atoms with van der Waals surface area (Å²) in [6.45, 7) is 3.05. The van der Waals surface area contributed by atoms with E-state index in [0.717, 1.165) is 12.8 Å². The third-order valence-corrected chi connectivity index (χ3v) is 2.97. The first-order valence-corrected chi connectivity index (χ1v) is 6.22. The van der Waals surface area contributed by atoms with Gasteiger partial charge in [-0.1, -0.05) is 25.1 Å². The maximum absolute atomic E-state index is 11.4. The molecule has 0 amide bonds. The van der Waals surface area contributed by atoms with Crippen LogP contribution in [0.3, 0.4) is 0 Å². The molecule has 0 aromatic rings. The Balaban J connectivity index is 2.48. The molecule has 1 saturated carbocycles. The fraction of sp³-hybridized carbons (Fsp3) is 0.818. The summed E-state index contributed by atoms with van der Waals surface area (Å²) >= 11 is 4.91. The standard InChI is InChI=1S/C11H20N2O2S/c1-2-15-11(14)8-13(7-10(12)16)9-5-3-4-6-9/h9H,2-8H2,1H3,(H2,12,16). The van der Waals surface area contributed by atoms with E-state index in [1.54, 1.807) is 0 Å². The van der Waals surface area contributed by atoms with Crippen molar-refractivity contribution in [1.29, 1.82) is 0 Å². The number of hydrogen-bond donors (Lipinski definition) is 1. The topological polar surface area (TPSA) is 55.6 Å². The van der Waals surface area contributed by atoms with Gasteiger partial charge in [0.15, 0.2) is 0 Å². The molecule has 1 aliphatic rings. The number of carbonyl (C=O) groups excluding carboxylic acids is 1. The summed E-state index contributed by atoms with van der Waals surface area (Å²) in [6.07, 6.45) is 4.70. The third kappa shape index (κ3) is 4.45. The lowest BCUT2D eigenvalue weighted by Gasteiger charge is -2.27. The van der Waals surface area contributed by atoms with Crippen LogP contribution in [-0.4, -0.2) is 41.6 Å². The number of thiocarbonyl (C=S) groups is 1. The summed E-state index contributed by atoms with van der Waals surface area (Å²) in [5.41, 5.74) is 5.55. The van der Waals surface area contributed by atoms with Crippen molar-refractivity contribution in [1.82, 2.24) is 4.90 Å². The van der Waals surface area contributed by atoms with Crippen LogP contribution in [0.4, 0.5) is 0 Å². The van der Waals surface area contributed by atoms with E-state index >= 15 is 0 Å². The maximum atomic E-state index is 11.4. The van der Waals surface area contributed by atoms with Crippen LogP contribution < -0.4 is 5.73 Å². The molecule has 0 saturated heterocycles. The summed E-state index contributed by atoms with van der Waals surface area (Å²) in [7, 11) is 0. The normalized spacial score (nSPS) is 16.6. The molecule has 0 atom stereocenters. The van der Waals surface area contributed by atoms with Crippen molar-refractivity contribution in [2.75, 3.05) is 19.7 Å². The molecule has 0 unspecified atom stereocenters. The molecule has 92 valence electrons. The van der Waals surface area contributed by atoms with E-state index in [9.17, 15) is 4.79 Å². The van der Waals surface area contributed by atoms with Crippen LogP contribution in [0, 0.1) is 0 Å². The number of carbonyl (C=O) groups is 1. The highest BCUT2D eigenvalue weighted by Crippen LogP contribution is 2.23. The van der Waals surface area contributed by atoms with Gasteiger partial charge in [-0.3, -0.25) is 9.69 Å². The molecule has 0 bridgehead atoms. The summed E-state index contributed by atoms with van der Waals surface area (Å²) < 4.78 is 4.95. The van der Waals surface area contributed by atoms with Crippen LogP contribution in [0.5, 0.6) is 0 Å². The van der Waals surface area contributed by atoms with Gasteiger partial charge in [0, 0.05) is 12.6 Å². The summed E-state index contributed by atoms with van der Waals surface area (Å²) in [6, 6.07) is 0.436. The van der Waals surface area contributed by atoms with Gasteiger partial charge in [-0.15, -0.1) is 0 Å². The van der Waals surface area contributed by atoms with Crippen LogP contribution in [0.25, 0.3) is 0 Å². The second-order valence-electron chi connectivity index (χ2n) is 4.11. The van der Waals surface area contributed by atoms with Crippen LogP contribution in [0.15, 0.2) is 0 Å². The Morgan fingerprint density at radius 3 is 2.56 bits per heavy atom. The largest absolute Gasteiger partial charge is 0.465 e. The highest BCUT2D eigenvalue weighted by molar-refractivity contribution is 7.80. The fourth-order valence-electron chi connectivity index (χ4n) is 2.16. The number of nitrogens with zero attached hydrogens (tertiary/aromatic N) is 1. The minimum Gasteiger partial charge on any atom is -0.465 e. The van der Waals surface area contributed by atoms with Gasteiger partial charge in [0.1, 0.15) is 0 Å². The molecule has 1 fully saturated rings. The molecule has 0 radical (unpaired) electrons. The van der Waals surface area contributed by atoms with E-state index < -0.39 is 0 Å². The van der Waals surface area contributed by atoms with Gasteiger partial charge in [0.25, 0.3) is 0 Å². The minimum atomic E-state index is -0.189. The molecule has 5 heteroatoms.